The maximum Gasteiger partial charge on any atom is 0.129 e. The number of nitrogen functional groups attached to an aromatic ring is 1. The van der Waals surface area contributed by atoms with Crippen LogP contribution in [0.4, 0.5) is 5.69 Å². The lowest BCUT2D eigenvalue weighted by Gasteiger charge is -2.03. The summed E-state index contributed by atoms with van der Waals surface area (Å²) < 4.78 is 0. The number of hydrogen-bond acceptors (Lipinski definition) is 2. The van der Waals surface area contributed by atoms with Gasteiger partial charge in [-0.3, -0.25) is 4.98 Å². The highest BCUT2D eigenvalue weighted by atomic mass is 28.3. The number of pyridine rings is 1. The van der Waals surface area contributed by atoms with E-state index >= 15 is 0 Å². The second-order valence-corrected chi connectivity index (χ2v) is 8.71. The third kappa shape index (κ3) is 3.30. The summed E-state index contributed by atoms with van der Waals surface area (Å²) in [4.78, 5) is 3.98. The first-order valence-electron chi connectivity index (χ1n) is 4.22. The Balaban J connectivity index is 2.97. The van der Waals surface area contributed by atoms with Crippen molar-refractivity contribution < 1.29 is 0 Å². The minimum Gasteiger partial charge on any atom is -0.398 e. The quantitative estimate of drug-likeness (QED) is 0.501. The second kappa shape index (κ2) is 3.63. The van der Waals surface area contributed by atoms with Crippen molar-refractivity contribution in [3.63, 3.8) is 0 Å². The van der Waals surface area contributed by atoms with E-state index in [9.17, 15) is 0 Å². The van der Waals surface area contributed by atoms with Gasteiger partial charge in [0.15, 0.2) is 0 Å². The van der Waals surface area contributed by atoms with Crippen LogP contribution in [-0.4, -0.2) is 13.1 Å². The molecule has 1 aromatic heterocycles. The number of hydrogen-bond donors (Lipinski definition) is 1. The molecule has 0 bridgehead atoms. The molecule has 2 N–H and O–H groups in total. The standard InChI is InChI=1S/C10H14N2Si/c1-13(2,3)7-5-9-8-12-6-4-10(9)11/h4,6,8H,1-3H3,(H2,11,12). The minimum atomic E-state index is -1.31. The molecule has 0 amide bonds. The summed E-state index contributed by atoms with van der Waals surface area (Å²) in [5.74, 6) is 3.08. The van der Waals surface area contributed by atoms with E-state index in [0.29, 0.717) is 5.69 Å². The Kier molecular flexibility index (Phi) is 2.74. The Hall–Kier alpha value is -1.27. The zero-order chi connectivity index (χ0) is 9.90. The molecule has 0 aliphatic carbocycles. The van der Waals surface area contributed by atoms with Crippen molar-refractivity contribution in [1.29, 1.82) is 0 Å². The van der Waals surface area contributed by atoms with Gasteiger partial charge in [-0.1, -0.05) is 25.6 Å². The van der Waals surface area contributed by atoms with Crippen molar-refractivity contribution in [2.45, 2.75) is 19.6 Å². The normalized spacial score (nSPS) is 10.4. The zero-order valence-electron chi connectivity index (χ0n) is 8.26. The number of nitrogens with zero attached hydrogens (tertiary/aromatic N) is 1. The van der Waals surface area contributed by atoms with Crippen molar-refractivity contribution in [1.82, 2.24) is 4.98 Å². The minimum absolute atomic E-state index is 0.709. The largest absolute Gasteiger partial charge is 0.398 e. The Bertz CT molecular complexity index is 355. The molecule has 1 rings (SSSR count). The van der Waals surface area contributed by atoms with Gasteiger partial charge in [0.25, 0.3) is 0 Å². The third-order valence-electron chi connectivity index (χ3n) is 1.43. The first-order chi connectivity index (χ1) is 5.99. The molecule has 0 unspecified atom stereocenters. The van der Waals surface area contributed by atoms with Crippen molar-refractivity contribution in [2.75, 3.05) is 5.73 Å². The molecule has 13 heavy (non-hydrogen) atoms. The van der Waals surface area contributed by atoms with Crippen molar-refractivity contribution in [3.05, 3.63) is 24.0 Å². The van der Waals surface area contributed by atoms with Crippen molar-refractivity contribution >= 4 is 13.8 Å². The average molecular weight is 190 g/mol. The Morgan fingerprint density at radius 3 is 2.62 bits per heavy atom. The van der Waals surface area contributed by atoms with E-state index in [1.165, 1.54) is 0 Å². The van der Waals surface area contributed by atoms with Gasteiger partial charge in [0, 0.05) is 12.4 Å². The lowest BCUT2D eigenvalue weighted by Crippen LogP contribution is -2.16. The van der Waals surface area contributed by atoms with Gasteiger partial charge in [-0.05, 0) is 6.07 Å². The molecule has 0 fully saturated rings. The number of rotatable bonds is 0. The monoisotopic (exact) mass is 190 g/mol. The van der Waals surface area contributed by atoms with Crippen molar-refractivity contribution in [3.8, 4) is 11.5 Å². The van der Waals surface area contributed by atoms with Gasteiger partial charge in [0.05, 0.1) is 11.3 Å². The fraction of sp³-hybridized carbons (Fsp3) is 0.300. The predicted octanol–water partition coefficient (Wildman–Crippen LogP) is 1.89. The molecule has 0 radical (unpaired) electrons. The van der Waals surface area contributed by atoms with Crippen LogP contribution >= 0.6 is 0 Å². The van der Waals surface area contributed by atoms with Gasteiger partial charge < -0.3 is 5.73 Å². The molecule has 1 heterocycles. The fourth-order valence-electron chi connectivity index (χ4n) is 0.764. The molecule has 0 aromatic carbocycles. The van der Waals surface area contributed by atoms with Gasteiger partial charge >= 0.3 is 0 Å². The van der Waals surface area contributed by atoms with E-state index in [0.717, 1.165) is 5.56 Å². The molecule has 0 saturated carbocycles. The van der Waals surface area contributed by atoms with E-state index in [1.807, 2.05) is 0 Å². The smallest absolute Gasteiger partial charge is 0.129 e. The SMILES string of the molecule is C[Si](C)(C)C#Cc1cnccc1N. The van der Waals surface area contributed by atoms with Gasteiger partial charge in [-0.2, -0.15) is 0 Å². The van der Waals surface area contributed by atoms with E-state index < -0.39 is 8.07 Å². The Morgan fingerprint density at radius 2 is 2.08 bits per heavy atom. The third-order valence-corrected chi connectivity index (χ3v) is 2.30. The van der Waals surface area contributed by atoms with Crippen LogP contribution in [0.15, 0.2) is 18.5 Å². The fourth-order valence-corrected chi connectivity index (χ4v) is 1.27. The van der Waals surface area contributed by atoms with Gasteiger partial charge in [0.1, 0.15) is 8.07 Å². The molecule has 0 spiro atoms. The molecule has 0 aliphatic rings. The van der Waals surface area contributed by atoms with Crippen LogP contribution < -0.4 is 5.73 Å². The molecule has 0 atom stereocenters. The summed E-state index contributed by atoms with van der Waals surface area (Å²) >= 11 is 0. The molecule has 1 aromatic rings. The summed E-state index contributed by atoms with van der Waals surface area (Å²) in [5.41, 5.74) is 10.5. The number of nitrogens with two attached hydrogens (primary N) is 1. The molecule has 0 aliphatic heterocycles. The molecule has 2 nitrogen and oxygen atoms in total. The lowest BCUT2D eigenvalue weighted by atomic mass is 10.2. The summed E-state index contributed by atoms with van der Waals surface area (Å²) in [7, 11) is -1.31. The first-order valence-corrected chi connectivity index (χ1v) is 7.72. The number of aromatic nitrogens is 1. The Morgan fingerprint density at radius 1 is 1.38 bits per heavy atom. The summed E-state index contributed by atoms with van der Waals surface area (Å²) in [6.45, 7) is 6.60. The highest BCUT2D eigenvalue weighted by molar-refractivity contribution is 6.83. The molecule has 68 valence electrons. The summed E-state index contributed by atoms with van der Waals surface area (Å²) in [6, 6.07) is 1.77. The lowest BCUT2D eigenvalue weighted by molar-refractivity contribution is 1.32. The van der Waals surface area contributed by atoms with Crippen LogP contribution in [0.2, 0.25) is 19.6 Å². The average Bonchev–Trinajstić information content (AvgIpc) is 2.01. The van der Waals surface area contributed by atoms with Crippen LogP contribution in [0.25, 0.3) is 0 Å². The topological polar surface area (TPSA) is 38.9 Å². The second-order valence-electron chi connectivity index (χ2n) is 3.96. The summed E-state index contributed by atoms with van der Waals surface area (Å²) in [5, 5.41) is 0. The van der Waals surface area contributed by atoms with Crippen LogP contribution in [0.3, 0.4) is 0 Å². The molecular formula is C10H14N2Si. The molecular weight excluding hydrogens is 176 g/mol. The first kappa shape index (κ1) is 9.81. The van der Waals surface area contributed by atoms with E-state index in [4.69, 9.17) is 5.73 Å². The maximum absolute atomic E-state index is 5.72. The van der Waals surface area contributed by atoms with E-state index in [2.05, 4.69) is 36.1 Å². The maximum atomic E-state index is 5.72. The van der Waals surface area contributed by atoms with Crippen LogP contribution in [0, 0.1) is 11.5 Å². The van der Waals surface area contributed by atoms with Crippen LogP contribution in [-0.2, 0) is 0 Å². The van der Waals surface area contributed by atoms with Gasteiger partial charge in [0.2, 0.25) is 0 Å². The highest BCUT2D eigenvalue weighted by Crippen LogP contribution is 2.07. The van der Waals surface area contributed by atoms with E-state index in [-0.39, 0.29) is 0 Å². The van der Waals surface area contributed by atoms with Crippen molar-refractivity contribution in [2.24, 2.45) is 0 Å². The number of anilines is 1. The molecule has 3 heteroatoms. The van der Waals surface area contributed by atoms with E-state index in [1.54, 1.807) is 18.5 Å². The zero-order valence-corrected chi connectivity index (χ0v) is 9.26. The summed E-state index contributed by atoms with van der Waals surface area (Å²) in [6.07, 6.45) is 3.39. The highest BCUT2D eigenvalue weighted by Gasteiger charge is 2.07. The predicted molar refractivity (Wildman–Crippen MR) is 58.9 cm³/mol. The van der Waals surface area contributed by atoms with Gasteiger partial charge in [-0.15, -0.1) is 5.54 Å². The van der Waals surface area contributed by atoms with Crippen LogP contribution in [0.1, 0.15) is 5.56 Å². The Labute approximate surface area is 80.2 Å². The molecule has 0 saturated heterocycles. The van der Waals surface area contributed by atoms with Gasteiger partial charge in [-0.25, -0.2) is 0 Å². The van der Waals surface area contributed by atoms with Crippen LogP contribution in [0.5, 0.6) is 0 Å².